The molecule has 1 N–H and O–H groups in total. The topological polar surface area (TPSA) is 15.3 Å². The SMILES string of the molecule is CC1(C)CCCCN(CC2CCNCC2)C1.Cl. The van der Waals surface area contributed by atoms with Crippen LogP contribution >= 0.6 is 12.4 Å². The van der Waals surface area contributed by atoms with Gasteiger partial charge in [0.25, 0.3) is 0 Å². The normalized spacial score (nSPS) is 27.2. The summed E-state index contributed by atoms with van der Waals surface area (Å²) in [5.74, 6) is 0.954. The number of likely N-dealkylation sites (tertiary alicyclic amines) is 1. The molecule has 0 radical (unpaired) electrons. The largest absolute Gasteiger partial charge is 0.317 e. The molecule has 0 aromatic rings. The lowest BCUT2D eigenvalue weighted by Crippen LogP contribution is -2.39. The number of hydrogen-bond acceptors (Lipinski definition) is 2. The van der Waals surface area contributed by atoms with Gasteiger partial charge < -0.3 is 10.2 Å². The van der Waals surface area contributed by atoms with Crippen molar-refractivity contribution < 1.29 is 0 Å². The molecule has 0 aliphatic carbocycles. The van der Waals surface area contributed by atoms with Crippen molar-refractivity contribution in [1.82, 2.24) is 10.2 Å². The Morgan fingerprint density at radius 1 is 1.18 bits per heavy atom. The molecule has 2 aliphatic rings. The van der Waals surface area contributed by atoms with Crippen LogP contribution in [0.15, 0.2) is 0 Å². The van der Waals surface area contributed by atoms with Gasteiger partial charge in [-0.05, 0) is 56.7 Å². The summed E-state index contributed by atoms with van der Waals surface area (Å²) in [6.07, 6.45) is 7.02. The van der Waals surface area contributed by atoms with Gasteiger partial charge in [-0.15, -0.1) is 12.4 Å². The monoisotopic (exact) mass is 260 g/mol. The van der Waals surface area contributed by atoms with Crippen LogP contribution in [0, 0.1) is 11.3 Å². The standard InChI is InChI=1S/C14H28N2.ClH/c1-14(2)7-3-4-10-16(12-14)11-13-5-8-15-9-6-13;/h13,15H,3-12H2,1-2H3;1H. The lowest BCUT2D eigenvalue weighted by Gasteiger charge is -2.33. The molecule has 2 rings (SSSR count). The second-order valence-electron chi connectivity index (χ2n) is 6.55. The molecule has 0 saturated carbocycles. The zero-order valence-corrected chi connectivity index (χ0v) is 12.3. The molecule has 0 aromatic heterocycles. The van der Waals surface area contributed by atoms with Crippen LogP contribution in [0.5, 0.6) is 0 Å². The first-order valence-electron chi connectivity index (χ1n) is 7.09. The highest BCUT2D eigenvalue weighted by atomic mass is 35.5. The molecule has 2 heterocycles. The molecule has 0 bridgehead atoms. The Morgan fingerprint density at radius 3 is 2.59 bits per heavy atom. The first-order valence-corrected chi connectivity index (χ1v) is 7.09. The molecule has 0 atom stereocenters. The van der Waals surface area contributed by atoms with Gasteiger partial charge >= 0.3 is 0 Å². The Balaban J connectivity index is 0.00000144. The fourth-order valence-corrected chi connectivity index (χ4v) is 3.29. The van der Waals surface area contributed by atoms with Crippen LogP contribution in [0.25, 0.3) is 0 Å². The molecule has 0 spiro atoms. The number of hydrogen-bond donors (Lipinski definition) is 1. The average molecular weight is 261 g/mol. The number of rotatable bonds is 2. The Labute approximate surface area is 113 Å². The van der Waals surface area contributed by atoms with Gasteiger partial charge in [-0.25, -0.2) is 0 Å². The van der Waals surface area contributed by atoms with Gasteiger partial charge in [0.05, 0.1) is 0 Å². The Morgan fingerprint density at radius 2 is 1.88 bits per heavy atom. The number of nitrogens with one attached hydrogen (secondary N) is 1. The summed E-state index contributed by atoms with van der Waals surface area (Å²) in [6.45, 7) is 11.4. The second kappa shape index (κ2) is 6.96. The molecule has 17 heavy (non-hydrogen) atoms. The van der Waals surface area contributed by atoms with E-state index in [4.69, 9.17) is 0 Å². The van der Waals surface area contributed by atoms with Crippen LogP contribution in [0.2, 0.25) is 0 Å². The van der Waals surface area contributed by atoms with Crippen LogP contribution in [-0.2, 0) is 0 Å². The molecule has 2 aliphatic heterocycles. The summed E-state index contributed by atoms with van der Waals surface area (Å²) >= 11 is 0. The fraction of sp³-hybridized carbons (Fsp3) is 1.00. The molecule has 2 saturated heterocycles. The lowest BCUT2D eigenvalue weighted by atomic mass is 9.87. The molecule has 0 aromatic carbocycles. The van der Waals surface area contributed by atoms with E-state index in [0.29, 0.717) is 5.41 Å². The first-order chi connectivity index (χ1) is 7.66. The molecule has 3 heteroatoms. The van der Waals surface area contributed by atoms with E-state index in [1.807, 2.05) is 0 Å². The van der Waals surface area contributed by atoms with E-state index >= 15 is 0 Å². The molecular weight excluding hydrogens is 232 g/mol. The average Bonchev–Trinajstić information content (AvgIpc) is 2.40. The van der Waals surface area contributed by atoms with Crippen molar-refractivity contribution in [2.45, 2.75) is 46.0 Å². The van der Waals surface area contributed by atoms with Gasteiger partial charge in [0.15, 0.2) is 0 Å². The van der Waals surface area contributed by atoms with E-state index in [-0.39, 0.29) is 12.4 Å². The van der Waals surface area contributed by atoms with Crippen LogP contribution < -0.4 is 5.32 Å². The van der Waals surface area contributed by atoms with Crippen LogP contribution in [0.3, 0.4) is 0 Å². The minimum absolute atomic E-state index is 0. The van der Waals surface area contributed by atoms with Crippen molar-refractivity contribution in [2.24, 2.45) is 11.3 Å². The van der Waals surface area contributed by atoms with E-state index in [0.717, 1.165) is 5.92 Å². The highest BCUT2D eigenvalue weighted by molar-refractivity contribution is 5.85. The fourth-order valence-electron chi connectivity index (χ4n) is 3.29. The maximum absolute atomic E-state index is 3.46. The minimum atomic E-state index is 0. The number of piperidine rings is 1. The van der Waals surface area contributed by atoms with Crippen LogP contribution in [-0.4, -0.2) is 37.6 Å². The van der Waals surface area contributed by atoms with Crippen molar-refractivity contribution in [3.05, 3.63) is 0 Å². The molecular formula is C14H29ClN2. The van der Waals surface area contributed by atoms with Gasteiger partial charge in [0.1, 0.15) is 0 Å². The van der Waals surface area contributed by atoms with Gasteiger partial charge in [0.2, 0.25) is 0 Å². The highest BCUT2D eigenvalue weighted by Gasteiger charge is 2.26. The van der Waals surface area contributed by atoms with Crippen molar-refractivity contribution in [3.8, 4) is 0 Å². The van der Waals surface area contributed by atoms with Gasteiger partial charge in [-0.1, -0.05) is 20.3 Å². The molecule has 2 fully saturated rings. The van der Waals surface area contributed by atoms with Gasteiger partial charge in [-0.3, -0.25) is 0 Å². The minimum Gasteiger partial charge on any atom is -0.317 e. The molecule has 0 amide bonds. The lowest BCUT2D eigenvalue weighted by molar-refractivity contribution is 0.158. The van der Waals surface area contributed by atoms with Gasteiger partial charge in [-0.2, -0.15) is 0 Å². The first kappa shape index (κ1) is 15.3. The third kappa shape index (κ3) is 5.15. The third-order valence-electron chi connectivity index (χ3n) is 4.20. The molecule has 0 unspecified atom stereocenters. The van der Waals surface area contributed by atoms with Crippen LogP contribution in [0.4, 0.5) is 0 Å². The van der Waals surface area contributed by atoms with E-state index in [2.05, 4.69) is 24.1 Å². The summed E-state index contributed by atoms with van der Waals surface area (Å²) in [6, 6.07) is 0. The summed E-state index contributed by atoms with van der Waals surface area (Å²) in [5, 5.41) is 3.46. The van der Waals surface area contributed by atoms with Crippen molar-refractivity contribution in [2.75, 3.05) is 32.7 Å². The predicted octanol–water partition coefficient (Wildman–Crippen LogP) is 2.92. The number of nitrogens with zero attached hydrogens (tertiary/aromatic N) is 1. The van der Waals surface area contributed by atoms with Crippen molar-refractivity contribution in [1.29, 1.82) is 0 Å². The Bertz CT molecular complexity index is 212. The molecule has 102 valence electrons. The van der Waals surface area contributed by atoms with E-state index < -0.39 is 0 Å². The van der Waals surface area contributed by atoms with Crippen LogP contribution in [0.1, 0.15) is 46.0 Å². The second-order valence-corrected chi connectivity index (χ2v) is 6.55. The van der Waals surface area contributed by atoms with E-state index in [1.54, 1.807) is 0 Å². The summed E-state index contributed by atoms with van der Waals surface area (Å²) in [5.41, 5.74) is 0.545. The molecule has 2 nitrogen and oxygen atoms in total. The Hall–Kier alpha value is 0.210. The van der Waals surface area contributed by atoms with E-state index in [9.17, 15) is 0 Å². The maximum Gasteiger partial charge on any atom is 0.00328 e. The highest BCUT2D eigenvalue weighted by Crippen LogP contribution is 2.28. The smallest absolute Gasteiger partial charge is 0.00328 e. The quantitative estimate of drug-likeness (QED) is 0.821. The zero-order valence-electron chi connectivity index (χ0n) is 11.5. The summed E-state index contributed by atoms with van der Waals surface area (Å²) < 4.78 is 0. The maximum atomic E-state index is 3.46. The summed E-state index contributed by atoms with van der Waals surface area (Å²) in [7, 11) is 0. The zero-order chi connectivity index (χ0) is 11.4. The third-order valence-corrected chi connectivity index (χ3v) is 4.20. The van der Waals surface area contributed by atoms with Crippen molar-refractivity contribution >= 4 is 12.4 Å². The predicted molar refractivity (Wildman–Crippen MR) is 76.9 cm³/mol. The summed E-state index contributed by atoms with van der Waals surface area (Å²) in [4.78, 5) is 2.74. The van der Waals surface area contributed by atoms with Crippen molar-refractivity contribution in [3.63, 3.8) is 0 Å². The van der Waals surface area contributed by atoms with E-state index in [1.165, 1.54) is 64.8 Å². The number of halogens is 1. The Kier molecular flexibility index (Phi) is 6.25. The van der Waals surface area contributed by atoms with Gasteiger partial charge in [0, 0.05) is 13.1 Å².